The molecule has 0 saturated heterocycles. The minimum atomic E-state index is -0.347. The molecule has 2 N–H and O–H groups in total. The van der Waals surface area contributed by atoms with Crippen molar-refractivity contribution in [2.24, 2.45) is 0 Å². The van der Waals surface area contributed by atoms with Crippen LogP contribution in [0.15, 0.2) is 24.3 Å². The Morgan fingerprint density at radius 2 is 1.54 bits per heavy atom. The molecule has 1 rings (SSSR count). The van der Waals surface area contributed by atoms with Gasteiger partial charge in [0.25, 0.3) is 5.91 Å². The van der Waals surface area contributed by atoms with Crippen LogP contribution >= 0.6 is 24.0 Å². The van der Waals surface area contributed by atoms with Crippen LogP contribution in [0.1, 0.15) is 38.1 Å². The highest BCUT2D eigenvalue weighted by atomic mass is 32.2. The highest BCUT2D eigenvalue weighted by Crippen LogP contribution is 2.14. The fourth-order valence-electron chi connectivity index (χ4n) is 2.35. The van der Waals surface area contributed by atoms with E-state index in [0.29, 0.717) is 9.88 Å². The second-order valence-corrected chi connectivity index (χ2v) is 7.06. The molecule has 0 aliphatic carbocycles. The fourth-order valence-corrected chi connectivity index (χ4v) is 3.55. The number of hydrazine groups is 1. The Hall–Kier alpha value is -1.80. The van der Waals surface area contributed by atoms with Crippen LogP contribution in [0.25, 0.3) is 0 Å². The third kappa shape index (κ3) is 6.84. The SMILES string of the molecule is CCN(CC)C(=S)SCC(=O)NNC(=O)c1ccc(N(CC)CC)cc1. The van der Waals surface area contributed by atoms with Crippen LogP contribution in [0.2, 0.25) is 0 Å². The van der Waals surface area contributed by atoms with E-state index in [1.807, 2.05) is 30.9 Å². The number of hydrogen-bond acceptors (Lipinski definition) is 5. The maximum Gasteiger partial charge on any atom is 0.269 e. The van der Waals surface area contributed by atoms with Crippen LogP contribution in [-0.2, 0) is 4.79 Å². The van der Waals surface area contributed by atoms with Gasteiger partial charge in [-0.3, -0.25) is 20.4 Å². The number of hydrogen-bond donors (Lipinski definition) is 2. The maximum atomic E-state index is 12.1. The van der Waals surface area contributed by atoms with Crippen molar-refractivity contribution in [2.75, 3.05) is 36.8 Å². The molecule has 0 aliphatic heterocycles. The van der Waals surface area contributed by atoms with Crippen LogP contribution < -0.4 is 15.8 Å². The molecule has 144 valence electrons. The van der Waals surface area contributed by atoms with Crippen molar-refractivity contribution in [3.63, 3.8) is 0 Å². The Kier molecular flexibility index (Phi) is 10.0. The molecule has 0 atom stereocenters. The topological polar surface area (TPSA) is 64.7 Å². The normalized spacial score (nSPS) is 10.2. The van der Waals surface area contributed by atoms with E-state index in [1.165, 1.54) is 11.8 Å². The van der Waals surface area contributed by atoms with Gasteiger partial charge in [-0.05, 0) is 52.0 Å². The summed E-state index contributed by atoms with van der Waals surface area (Å²) in [5.41, 5.74) is 6.42. The molecule has 0 saturated carbocycles. The Morgan fingerprint density at radius 1 is 0.962 bits per heavy atom. The number of anilines is 1. The minimum Gasteiger partial charge on any atom is -0.372 e. The molecule has 0 aromatic heterocycles. The van der Waals surface area contributed by atoms with E-state index in [9.17, 15) is 9.59 Å². The number of rotatable bonds is 8. The minimum absolute atomic E-state index is 0.163. The highest BCUT2D eigenvalue weighted by Gasteiger charge is 2.11. The van der Waals surface area contributed by atoms with Crippen molar-refractivity contribution in [3.8, 4) is 0 Å². The van der Waals surface area contributed by atoms with Gasteiger partial charge in [0.2, 0.25) is 5.91 Å². The Labute approximate surface area is 165 Å². The van der Waals surface area contributed by atoms with Gasteiger partial charge in [0.15, 0.2) is 0 Å². The van der Waals surface area contributed by atoms with Crippen molar-refractivity contribution < 1.29 is 9.59 Å². The van der Waals surface area contributed by atoms with Crippen molar-refractivity contribution in [2.45, 2.75) is 27.7 Å². The van der Waals surface area contributed by atoms with E-state index < -0.39 is 0 Å². The Balaban J connectivity index is 2.46. The van der Waals surface area contributed by atoms with E-state index in [2.05, 4.69) is 29.6 Å². The Bertz CT molecular complexity index is 600. The molecular weight excluding hydrogens is 368 g/mol. The zero-order valence-electron chi connectivity index (χ0n) is 15.9. The molecule has 26 heavy (non-hydrogen) atoms. The number of thiocarbonyl (C=S) groups is 1. The van der Waals surface area contributed by atoms with Gasteiger partial charge in [0.1, 0.15) is 4.32 Å². The summed E-state index contributed by atoms with van der Waals surface area (Å²) < 4.78 is 0.684. The molecule has 2 amide bonds. The number of amides is 2. The molecule has 0 heterocycles. The summed E-state index contributed by atoms with van der Waals surface area (Å²) in [4.78, 5) is 28.2. The van der Waals surface area contributed by atoms with Crippen molar-refractivity contribution >= 4 is 45.8 Å². The van der Waals surface area contributed by atoms with Gasteiger partial charge in [-0.2, -0.15) is 0 Å². The number of nitrogens with zero attached hydrogens (tertiary/aromatic N) is 2. The molecule has 0 aliphatic rings. The molecule has 8 heteroatoms. The first-order valence-corrected chi connectivity index (χ1v) is 10.2. The van der Waals surface area contributed by atoms with Gasteiger partial charge in [-0.15, -0.1) is 0 Å². The van der Waals surface area contributed by atoms with E-state index in [-0.39, 0.29) is 17.6 Å². The average molecular weight is 397 g/mol. The average Bonchev–Trinajstić information content (AvgIpc) is 2.67. The maximum absolute atomic E-state index is 12.1. The molecule has 0 fully saturated rings. The largest absolute Gasteiger partial charge is 0.372 e. The molecule has 0 unspecified atom stereocenters. The summed E-state index contributed by atoms with van der Waals surface area (Å²) in [5.74, 6) is -0.477. The number of thioether (sulfide) groups is 1. The smallest absolute Gasteiger partial charge is 0.269 e. The summed E-state index contributed by atoms with van der Waals surface area (Å²) in [7, 11) is 0. The van der Waals surface area contributed by atoms with Crippen LogP contribution in [-0.4, -0.2) is 53.0 Å². The van der Waals surface area contributed by atoms with Crippen LogP contribution in [0.4, 0.5) is 5.69 Å². The van der Waals surface area contributed by atoms with Gasteiger partial charge in [-0.25, -0.2) is 0 Å². The van der Waals surface area contributed by atoms with Gasteiger partial charge in [0.05, 0.1) is 5.75 Å². The van der Waals surface area contributed by atoms with Gasteiger partial charge in [0, 0.05) is 37.4 Å². The number of nitrogens with one attached hydrogen (secondary N) is 2. The first-order chi connectivity index (χ1) is 12.5. The monoisotopic (exact) mass is 396 g/mol. The molecular formula is C18H28N4O2S2. The lowest BCUT2D eigenvalue weighted by atomic mass is 10.2. The van der Waals surface area contributed by atoms with E-state index in [0.717, 1.165) is 31.9 Å². The number of carbonyl (C=O) groups excluding carboxylic acids is 2. The van der Waals surface area contributed by atoms with E-state index in [1.54, 1.807) is 12.1 Å². The lowest BCUT2D eigenvalue weighted by Crippen LogP contribution is -2.43. The predicted molar refractivity (Wildman–Crippen MR) is 114 cm³/mol. The zero-order chi connectivity index (χ0) is 19.5. The molecule has 0 bridgehead atoms. The number of benzene rings is 1. The summed E-state index contributed by atoms with van der Waals surface area (Å²) in [5, 5.41) is 0. The summed E-state index contributed by atoms with van der Waals surface area (Å²) in [6.45, 7) is 11.6. The van der Waals surface area contributed by atoms with Gasteiger partial charge >= 0.3 is 0 Å². The lowest BCUT2D eigenvalue weighted by Gasteiger charge is -2.21. The summed E-state index contributed by atoms with van der Waals surface area (Å²) in [6, 6.07) is 7.31. The second kappa shape index (κ2) is 11.7. The molecule has 0 radical (unpaired) electrons. The summed E-state index contributed by atoms with van der Waals surface area (Å²) >= 11 is 6.56. The molecule has 0 spiro atoms. The van der Waals surface area contributed by atoms with Crippen LogP contribution in [0, 0.1) is 0 Å². The zero-order valence-corrected chi connectivity index (χ0v) is 17.5. The highest BCUT2D eigenvalue weighted by molar-refractivity contribution is 8.23. The second-order valence-electron chi connectivity index (χ2n) is 5.45. The third-order valence-electron chi connectivity index (χ3n) is 3.92. The molecule has 6 nitrogen and oxygen atoms in total. The van der Waals surface area contributed by atoms with Crippen molar-refractivity contribution in [1.29, 1.82) is 0 Å². The predicted octanol–water partition coefficient (Wildman–Crippen LogP) is 2.65. The molecule has 1 aromatic carbocycles. The number of carbonyl (C=O) groups is 2. The molecule has 1 aromatic rings. The lowest BCUT2D eigenvalue weighted by molar-refractivity contribution is -0.119. The van der Waals surface area contributed by atoms with E-state index in [4.69, 9.17) is 12.2 Å². The van der Waals surface area contributed by atoms with Crippen molar-refractivity contribution in [3.05, 3.63) is 29.8 Å². The summed E-state index contributed by atoms with van der Waals surface area (Å²) in [6.07, 6.45) is 0. The third-order valence-corrected chi connectivity index (χ3v) is 5.45. The van der Waals surface area contributed by atoms with Gasteiger partial charge < -0.3 is 9.80 Å². The van der Waals surface area contributed by atoms with Crippen molar-refractivity contribution in [1.82, 2.24) is 15.8 Å². The quantitative estimate of drug-likeness (QED) is 0.520. The first kappa shape index (κ1) is 22.2. The van der Waals surface area contributed by atoms with Gasteiger partial charge in [-0.1, -0.05) is 24.0 Å². The van der Waals surface area contributed by atoms with Crippen LogP contribution in [0.5, 0.6) is 0 Å². The Morgan fingerprint density at radius 3 is 2.04 bits per heavy atom. The van der Waals surface area contributed by atoms with Crippen LogP contribution in [0.3, 0.4) is 0 Å². The van der Waals surface area contributed by atoms with E-state index >= 15 is 0 Å². The first-order valence-electron chi connectivity index (χ1n) is 8.82. The fraction of sp³-hybridized carbons (Fsp3) is 0.500. The standard InChI is InChI=1S/C18H28N4O2S2/c1-5-21(6-2)15-11-9-14(10-12-15)17(24)20-19-16(23)13-26-18(25)22(7-3)8-4/h9-12H,5-8,13H2,1-4H3,(H,19,23)(H,20,24).